The molecule has 0 atom stereocenters. The highest BCUT2D eigenvalue weighted by atomic mass is 28.3. The van der Waals surface area contributed by atoms with Gasteiger partial charge in [-0.2, -0.15) is 0 Å². The highest BCUT2D eigenvalue weighted by Crippen LogP contribution is 2.29. The number of aryl methyl sites for hydroxylation is 1. The van der Waals surface area contributed by atoms with Crippen LogP contribution in [-0.2, 0) is 0 Å². The molecule has 120 valence electrons. The Morgan fingerprint density at radius 2 is 1.71 bits per heavy atom. The fourth-order valence-corrected chi connectivity index (χ4v) is 3.82. The van der Waals surface area contributed by atoms with Gasteiger partial charge in [0.1, 0.15) is 0 Å². The number of fused-ring (bicyclic) bond motifs is 3. The largest absolute Gasteiger partial charge is 0.419 e. The molecule has 4 rings (SSSR count). The summed E-state index contributed by atoms with van der Waals surface area (Å²) in [5.74, 6) is 0. The summed E-state index contributed by atoms with van der Waals surface area (Å²) in [6, 6.07) is 10.4. The first-order chi connectivity index (χ1) is 11.4. The molecule has 0 radical (unpaired) electrons. The Labute approximate surface area is 141 Å². The molecule has 0 N–H and O–H groups in total. The van der Waals surface area contributed by atoms with E-state index >= 15 is 0 Å². The van der Waals surface area contributed by atoms with E-state index in [-0.39, 0.29) is 0 Å². The molecule has 0 amide bonds. The van der Waals surface area contributed by atoms with Gasteiger partial charge in [-0.1, -0.05) is 25.7 Å². The average molecular weight is 333 g/mol. The number of nitrogens with zero attached hydrogens (tertiary/aromatic N) is 3. The van der Waals surface area contributed by atoms with Gasteiger partial charge in [-0.05, 0) is 36.4 Å². The molecular formula is C19H19N3OSi. The van der Waals surface area contributed by atoms with Crippen LogP contribution >= 0.6 is 0 Å². The zero-order chi connectivity index (χ0) is 16.9. The Balaban J connectivity index is 1.84. The summed E-state index contributed by atoms with van der Waals surface area (Å²) in [6.45, 7) is 8.92. The van der Waals surface area contributed by atoms with Gasteiger partial charge in [-0.3, -0.25) is 4.98 Å². The highest BCUT2D eigenvalue weighted by molar-refractivity contribution is 6.88. The van der Waals surface area contributed by atoms with Crippen LogP contribution < -0.4 is 5.19 Å². The van der Waals surface area contributed by atoms with Gasteiger partial charge in [0.05, 0.1) is 19.2 Å². The molecule has 0 saturated carbocycles. The lowest BCUT2D eigenvalue weighted by atomic mass is 10.1. The van der Waals surface area contributed by atoms with Crippen LogP contribution in [0, 0.1) is 6.92 Å². The molecule has 0 unspecified atom stereocenters. The molecule has 24 heavy (non-hydrogen) atoms. The zero-order valence-electron chi connectivity index (χ0n) is 14.3. The Bertz CT molecular complexity index is 1050. The average Bonchev–Trinajstić information content (AvgIpc) is 2.90. The van der Waals surface area contributed by atoms with Gasteiger partial charge >= 0.3 is 0 Å². The number of hydrogen-bond donors (Lipinski definition) is 0. The standard InChI is InChI=1S/C19H19N3OSi/c1-12-5-7-15-16-9-13(10-21-18(16)23-19(15)22-12)17-8-6-14(11-20-17)24(2,3)4/h5-11H,1-4H3. The molecule has 0 aliphatic rings. The summed E-state index contributed by atoms with van der Waals surface area (Å²) >= 11 is 0. The smallest absolute Gasteiger partial charge is 0.229 e. The van der Waals surface area contributed by atoms with Crippen molar-refractivity contribution in [2.24, 2.45) is 0 Å². The zero-order valence-corrected chi connectivity index (χ0v) is 15.3. The molecule has 0 aliphatic carbocycles. The number of furan rings is 1. The fraction of sp³-hybridized carbons (Fsp3) is 0.211. The second-order valence-electron chi connectivity index (χ2n) is 7.17. The van der Waals surface area contributed by atoms with E-state index in [2.05, 4.69) is 52.8 Å². The first kappa shape index (κ1) is 15.0. The second-order valence-corrected chi connectivity index (χ2v) is 12.2. The van der Waals surface area contributed by atoms with Crippen LogP contribution in [0.25, 0.3) is 33.5 Å². The monoisotopic (exact) mass is 333 g/mol. The molecule has 4 aromatic rings. The third-order valence-electron chi connectivity index (χ3n) is 4.26. The molecule has 0 aliphatic heterocycles. The van der Waals surface area contributed by atoms with E-state index < -0.39 is 8.07 Å². The van der Waals surface area contributed by atoms with Crippen LogP contribution in [0.5, 0.6) is 0 Å². The Morgan fingerprint density at radius 1 is 0.875 bits per heavy atom. The molecule has 4 aromatic heterocycles. The topological polar surface area (TPSA) is 51.8 Å². The second kappa shape index (κ2) is 5.24. The van der Waals surface area contributed by atoms with Gasteiger partial charge in [-0.25, -0.2) is 9.97 Å². The first-order valence-electron chi connectivity index (χ1n) is 8.05. The molecule has 4 heterocycles. The predicted molar refractivity (Wildman–Crippen MR) is 100 cm³/mol. The summed E-state index contributed by atoms with van der Waals surface area (Å²) in [5.41, 5.74) is 4.11. The van der Waals surface area contributed by atoms with Crippen molar-refractivity contribution < 1.29 is 4.42 Å². The van der Waals surface area contributed by atoms with E-state index in [0.29, 0.717) is 11.4 Å². The summed E-state index contributed by atoms with van der Waals surface area (Å²) in [4.78, 5) is 13.5. The number of hydrogen-bond acceptors (Lipinski definition) is 4. The van der Waals surface area contributed by atoms with E-state index in [1.54, 1.807) is 0 Å². The Kier molecular flexibility index (Phi) is 3.28. The van der Waals surface area contributed by atoms with Crippen LogP contribution in [0.4, 0.5) is 0 Å². The minimum Gasteiger partial charge on any atom is -0.419 e. The number of aromatic nitrogens is 3. The Hall–Kier alpha value is -2.53. The van der Waals surface area contributed by atoms with Gasteiger partial charge in [0.25, 0.3) is 0 Å². The van der Waals surface area contributed by atoms with Crippen molar-refractivity contribution in [3.8, 4) is 11.3 Å². The first-order valence-corrected chi connectivity index (χ1v) is 11.5. The maximum Gasteiger partial charge on any atom is 0.229 e. The van der Waals surface area contributed by atoms with E-state index in [9.17, 15) is 0 Å². The minimum atomic E-state index is -1.33. The highest BCUT2D eigenvalue weighted by Gasteiger charge is 2.17. The SMILES string of the molecule is Cc1ccc2c(n1)oc1ncc(-c3ccc([Si](C)(C)C)cn3)cc12. The third-order valence-corrected chi connectivity index (χ3v) is 6.29. The van der Waals surface area contributed by atoms with Crippen LogP contribution in [0.1, 0.15) is 5.69 Å². The maximum absolute atomic E-state index is 5.75. The lowest BCUT2D eigenvalue weighted by Crippen LogP contribution is -2.37. The van der Waals surface area contributed by atoms with Crippen LogP contribution in [0.15, 0.2) is 47.1 Å². The molecule has 0 bridgehead atoms. The number of pyridine rings is 3. The lowest BCUT2D eigenvalue weighted by Gasteiger charge is -2.16. The quantitative estimate of drug-likeness (QED) is 0.513. The van der Waals surface area contributed by atoms with Crippen molar-refractivity contribution >= 4 is 35.5 Å². The predicted octanol–water partition coefficient (Wildman–Crippen LogP) is 4.29. The van der Waals surface area contributed by atoms with Crippen LogP contribution in [0.2, 0.25) is 19.6 Å². The number of rotatable bonds is 2. The molecule has 0 aromatic carbocycles. The van der Waals surface area contributed by atoms with Gasteiger partial charge in [0.15, 0.2) is 0 Å². The summed E-state index contributed by atoms with van der Waals surface area (Å²) in [7, 11) is -1.33. The molecule has 0 spiro atoms. The minimum absolute atomic E-state index is 0.616. The van der Waals surface area contributed by atoms with Crippen molar-refractivity contribution in [1.29, 1.82) is 0 Å². The summed E-state index contributed by atoms with van der Waals surface area (Å²) in [6.07, 6.45) is 3.82. The van der Waals surface area contributed by atoms with Gasteiger partial charge in [0, 0.05) is 29.0 Å². The van der Waals surface area contributed by atoms with Crippen molar-refractivity contribution in [2.45, 2.75) is 26.6 Å². The molecule has 5 heteroatoms. The lowest BCUT2D eigenvalue weighted by molar-refractivity contribution is 0.639. The van der Waals surface area contributed by atoms with Gasteiger partial charge in [-0.15, -0.1) is 0 Å². The molecule has 0 saturated heterocycles. The van der Waals surface area contributed by atoms with Crippen molar-refractivity contribution in [3.05, 3.63) is 48.4 Å². The summed E-state index contributed by atoms with van der Waals surface area (Å²) in [5, 5.41) is 3.32. The van der Waals surface area contributed by atoms with Gasteiger partial charge < -0.3 is 4.42 Å². The summed E-state index contributed by atoms with van der Waals surface area (Å²) < 4.78 is 5.75. The van der Waals surface area contributed by atoms with Crippen LogP contribution in [-0.4, -0.2) is 23.0 Å². The molecular weight excluding hydrogens is 314 g/mol. The van der Waals surface area contributed by atoms with Gasteiger partial charge in [0.2, 0.25) is 11.4 Å². The van der Waals surface area contributed by atoms with E-state index in [1.165, 1.54) is 5.19 Å². The fourth-order valence-electron chi connectivity index (χ4n) is 2.78. The van der Waals surface area contributed by atoms with E-state index in [1.807, 2.05) is 31.5 Å². The van der Waals surface area contributed by atoms with Crippen LogP contribution in [0.3, 0.4) is 0 Å². The van der Waals surface area contributed by atoms with Crippen molar-refractivity contribution in [3.63, 3.8) is 0 Å². The maximum atomic E-state index is 5.75. The normalized spacial score (nSPS) is 12.2. The molecule has 0 fully saturated rings. The van der Waals surface area contributed by atoms with E-state index in [0.717, 1.165) is 27.7 Å². The van der Waals surface area contributed by atoms with Crippen molar-refractivity contribution in [2.75, 3.05) is 0 Å². The van der Waals surface area contributed by atoms with E-state index in [4.69, 9.17) is 4.42 Å². The molecule has 4 nitrogen and oxygen atoms in total. The van der Waals surface area contributed by atoms with Crippen molar-refractivity contribution in [1.82, 2.24) is 15.0 Å². The third kappa shape index (κ3) is 2.51. The Morgan fingerprint density at radius 3 is 2.42 bits per heavy atom.